The highest BCUT2D eigenvalue weighted by molar-refractivity contribution is 7.98. The lowest BCUT2D eigenvalue weighted by Gasteiger charge is -2.28. The van der Waals surface area contributed by atoms with Crippen molar-refractivity contribution in [2.24, 2.45) is 0 Å². The number of thioether (sulfide) groups is 2. The first-order valence-electron chi connectivity index (χ1n) is 46.7. The predicted octanol–water partition coefficient (Wildman–Crippen LogP) is 15.1. The van der Waals surface area contributed by atoms with Crippen LogP contribution in [0.1, 0.15) is 157 Å². The highest BCUT2D eigenvalue weighted by atomic mass is 32.2. The third-order valence-corrected chi connectivity index (χ3v) is 15.8. The molecule has 22 heteroatoms. The highest BCUT2D eigenvalue weighted by Gasteiger charge is 2.34. The van der Waals surface area contributed by atoms with Crippen molar-refractivity contribution in [2.45, 2.75) is 140 Å². The van der Waals surface area contributed by atoms with E-state index in [0.29, 0.717) is 37.4 Å². The SMILES string of the molecule is [2H]c1c([2H])c(C([2H])([2H])N(CCN(C([2H])([2H])C)C([2H])([2H])C)C(=O)Cn2c(SC([2H])([2H])c3ccc(F)cc3)nc(=O)c3c2C([2H])([2H])C([2H])([2H])C3([2H])[2H])c([2H])c([2H])c1-c1c([2H])c([2H])c(C(F)(F)F)c(C)c1[2H].[2H]c1c([2H])c(C([2H])([2H])N(CCN(C([2H])([2H])C)C([2H])([2H])C)C(=O)Cn2c(SC([2H])([2H])c3ccc(F)cc3)nc(=O)c3c2CCC3)c([2H])c([2H])c1-c1c([2H])c([2H])c(C(F)(F)F)c(C)c1[2H]. The minimum absolute atomic E-state index is 0.0268. The van der Waals surface area contributed by atoms with Crippen molar-refractivity contribution in [1.82, 2.24) is 38.7 Å². The monoisotopic (exact) mass is 1400 g/mol. The van der Waals surface area contributed by atoms with Crippen molar-refractivity contribution >= 4 is 35.3 Å². The number of rotatable bonds is 26. The average Bonchev–Trinajstić information content (AvgIpc) is 1.52. The lowest BCUT2D eigenvalue weighted by Crippen LogP contribution is -2.40. The zero-order chi connectivity index (χ0) is 101. The maximum atomic E-state index is 15.0. The average molecular weight is 1400 g/mol. The molecule has 0 fully saturated rings. The summed E-state index contributed by atoms with van der Waals surface area (Å²) in [5.74, 6) is -4.37. The third-order valence-electron chi connectivity index (χ3n) is 14.1. The summed E-state index contributed by atoms with van der Waals surface area (Å²) >= 11 is 0.357. The Kier molecular flexibility index (Phi) is 13.1. The molecule has 0 N–H and O–H groups in total. The van der Waals surface area contributed by atoms with Crippen molar-refractivity contribution < 1.29 is 94.1 Å². The molecule has 2 heterocycles. The molecular formula is C74H80F8N8O4S2. The zero-order valence-corrected chi connectivity index (χ0v) is 53.2. The van der Waals surface area contributed by atoms with Crippen molar-refractivity contribution in [3.63, 3.8) is 0 Å². The fourth-order valence-corrected chi connectivity index (χ4v) is 10.8. The summed E-state index contributed by atoms with van der Waals surface area (Å²) in [4.78, 5) is 65.9. The molecular weight excluding hydrogens is 1280 g/mol. The Bertz CT molecular complexity index is 5900. The number of alkyl halides is 6. The lowest BCUT2D eigenvalue weighted by molar-refractivity contribution is -0.138. The number of amides is 2. The van der Waals surface area contributed by atoms with Gasteiger partial charge >= 0.3 is 12.4 Å². The number of likely N-dealkylation sites (N-methyl/N-ethyl adjacent to an activating group) is 2. The highest BCUT2D eigenvalue weighted by Crippen LogP contribution is 2.37. The van der Waals surface area contributed by atoms with E-state index in [0.717, 1.165) is 90.1 Å². The van der Waals surface area contributed by atoms with Gasteiger partial charge in [-0.3, -0.25) is 19.2 Å². The Morgan fingerprint density at radius 3 is 1.33 bits per heavy atom. The van der Waals surface area contributed by atoms with Gasteiger partial charge in [0.15, 0.2) is 10.3 Å². The third kappa shape index (κ3) is 18.8. The topological polar surface area (TPSA) is 117 Å². The zero-order valence-electron chi connectivity index (χ0n) is 87.5. The normalized spacial score (nSPS) is 21.0. The lowest BCUT2D eigenvalue weighted by atomic mass is 9.98. The Morgan fingerprint density at radius 1 is 0.531 bits per heavy atom. The van der Waals surface area contributed by atoms with Crippen LogP contribution in [0.15, 0.2) is 153 Å². The number of aromatic nitrogens is 4. The fourth-order valence-electron chi connectivity index (χ4n) is 9.30. The maximum absolute atomic E-state index is 15.0. The second-order valence-corrected chi connectivity index (χ2v) is 21.9. The van der Waals surface area contributed by atoms with E-state index in [-0.39, 0.29) is 57.0 Å². The van der Waals surface area contributed by atoms with Gasteiger partial charge in [-0.25, -0.2) is 8.78 Å². The van der Waals surface area contributed by atoms with Gasteiger partial charge in [0.05, 0.1) is 35.8 Å². The van der Waals surface area contributed by atoms with Gasteiger partial charge < -0.3 is 28.7 Å². The molecule has 12 nitrogen and oxygen atoms in total. The predicted molar refractivity (Wildman–Crippen MR) is 363 cm³/mol. The molecule has 508 valence electrons. The van der Waals surface area contributed by atoms with Crippen molar-refractivity contribution in [1.29, 1.82) is 0 Å². The first-order valence-corrected chi connectivity index (χ1v) is 30.3. The van der Waals surface area contributed by atoms with Gasteiger partial charge in [0.1, 0.15) is 24.7 Å². The van der Waals surface area contributed by atoms with Gasteiger partial charge in [-0.2, -0.15) is 36.3 Å². The van der Waals surface area contributed by atoms with Crippen LogP contribution in [0.25, 0.3) is 22.3 Å². The number of carbonyl (C=O) groups is 2. The van der Waals surface area contributed by atoms with Gasteiger partial charge in [0, 0.05) is 97.8 Å². The minimum Gasteiger partial charge on any atom is -0.336 e. The molecule has 2 aliphatic rings. The maximum Gasteiger partial charge on any atom is 0.416 e. The summed E-state index contributed by atoms with van der Waals surface area (Å²) in [6, 6.07) is -9.73. The number of carbonyl (C=O) groups excluding carboxylic acids is 2. The van der Waals surface area contributed by atoms with Crippen LogP contribution in [-0.2, 0) is 85.0 Å². The summed E-state index contributed by atoms with van der Waals surface area (Å²) in [6.07, 6.45) is -20.4. The molecule has 0 bridgehead atoms. The van der Waals surface area contributed by atoms with E-state index in [1.54, 1.807) is 0 Å². The number of benzene rings is 6. The van der Waals surface area contributed by atoms with Crippen LogP contribution in [0.4, 0.5) is 35.1 Å². The summed E-state index contributed by atoms with van der Waals surface area (Å²) in [5, 5.41) is -1.31. The molecule has 2 amide bonds. The molecule has 0 saturated carbocycles. The first kappa shape index (κ1) is 38.3. The smallest absolute Gasteiger partial charge is 0.336 e. The standard InChI is InChI=1S/2C37H40F4N4O2S/c2*1-4-43(5-2)19-20-44(22-26-9-13-28(14-10-26)29-15-18-32(25(3)21-29)37(39,40)41)34(46)23-45-33-8-6-7-31(33)35(47)42-36(45)48-24-27-11-16-30(38)17-12-27/h2*9-18,21H,4-8,19-20,22-24H2,1-3H3/i4D2,5D2,6D2,7D2,8D2,9D,10D,13D,14D,15D,18D,21D,22D2,24D2;4D2,5D2,9D,10D,13D,14D,15D,18D,21D,22D2,24D2. The largest absolute Gasteiger partial charge is 0.416 e. The number of fused-ring (bicyclic) bond motifs is 2. The van der Waals surface area contributed by atoms with Crippen molar-refractivity contribution in [2.75, 3.05) is 52.2 Å². The molecule has 0 radical (unpaired) electrons. The molecule has 10 rings (SSSR count). The summed E-state index contributed by atoms with van der Waals surface area (Å²) < 4.78 is 424. The molecule has 0 aliphatic heterocycles. The van der Waals surface area contributed by atoms with Gasteiger partial charge in [-0.05, 0) is 170 Å². The van der Waals surface area contributed by atoms with Crippen molar-refractivity contribution in [3.8, 4) is 22.3 Å². The van der Waals surface area contributed by atoms with Gasteiger partial charge in [-0.15, -0.1) is 0 Å². The second-order valence-electron chi connectivity index (χ2n) is 20.4. The number of nitrogens with zero attached hydrogens (tertiary/aromatic N) is 8. The van der Waals surface area contributed by atoms with Gasteiger partial charge in [-0.1, -0.05) is 148 Å². The molecule has 0 unspecified atom stereocenters. The molecule has 2 aliphatic carbocycles. The van der Waals surface area contributed by atoms with Crippen LogP contribution < -0.4 is 11.1 Å². The molecule has 0 atom stereocenters. The van der Waals surface area contributed by atoms with E-state index in [2.05, 4.69) is 9.97 Å². The van der Waals surface area contributed by atoms with E-state index in [9.17, 15) is 59.8 Å². The number of hydrogen-bond donors (Lipinski definition) is 0. The molecule has 2 aromatic heterocycles. The number of halogens is 8. The summed E-state index contributed by atoms with van der Waals surface area (Å²) in [7, 11) is 0. The minimum atomic E-state index is -5.25. The molecule has 6 aromatic carbocycles. The first-order chi connectivity index (χ1) is 59.7. The Labute approximate surface area is 614 Å². The second kappa shape index (κ2) is 32.9. The molecule has 0 saturated heterocycles. The van der Waals surface area contributed by atoms with E-state index >= 15 is 0 Å². The molecule has 0 spiro atoms. The summed E-state index contributed by atoms with van der Waals surface area (Å²) in [6.45, 7) is -18.2. The van der Waals surface area contributed by atoms with Crippen LogP contribution in [0, 0.1) is 25.5 Å². The Hall–Kier alpha value is -7.92. The van der Waals surface area contributed by atoms with E-state index < -0.39 is 312 Å². The summed E-state index contributed by atoms with van der Waals surface area (Å²) in [5.41, 5.74) is -21.3. The quantitative estimate of drug-likeness (QED) is 0.0295. The van der Waals surface area contributed by atoms with E-state index in [1.165, 1.54) is 4.57 Å². The van der Waals surface area contributed by atoms with E-state index in [1.807, 2.05) is 0 Å². The van der Waals surface area contributed by atoms with Crippen LogP contribution in [0.2, 0.25) is 0 Å². The number of hydrogen-bond acceptors (Lipinski definition) is 10. The van der Waals surface area contributed by atoms with Crippen molar-refractivity contribution in [3.05, 3.63) is 232 Å². The Morgan fingerprint density at radius 2 is 0.927 bits per heavy atom. The Balaban J connectivity index is 0.000000298. The van der Waals surface area contributed by atoms with Crippen LogP contribution >= 0.6 is 23.5 Å². The van der Waals surface area contributed by atoms with Crippen LogP contribution in [-0.4, -0.2) is 103 Å². The molecule has 96 heavy (non-hydrogen) atoms. The van der Waals surface area contributed by atoms with Crippen LogP contribution in [0.5, 0.6) is 0 Å². The van der Waals surface area contributed by atoms with Gasteiger partial charge in [0.2, 0.25) is 11.8 Å². The fraction of sp³-hybridized carbons (Fsp3) is 0.378. The molecule has 8 aromatic rings. The van der Waals surface area contributed by atoms with Gasteiger partial charge in [0.25, 0.3) is 11.1 Å². The van der Waals surface area contributed by atoms with E-state index in [4.69, 9.17) is 43.9 Å². The van der Waals surface area contributed by atoms with Crippen LogP contribution in [0.3, 0.4) is 0 Å².